The van der Waals surface area contributed by atoms with Gasteiger partial charge in [-0.2, -0.15) is 0 Å². The van der Waals surface area contributed by atoms with Crippen LogP contribution in [0.25, 0.3) is 6.08 Å². The average Bonchev–Trinajstić information content (AvgIpc) is 2.58. The quantitative estimate of drug-likeness (QED) is 0.858. The maximum absolute atomic E-state index is 14.0. The minimum absolute atomic E-state index is 0.305. The molecule has 0 unspecified atom stereocenters. The molecule has 1 aliphatic heterocycles. The molecule has 4 heteroatoms. The minimum Gasteiger partial charge on any atom is -0.478 e. The van der Waals surface area contributed by atoms with E-state index in [1.54, 1.807) is 6.07 Å². The number of hydrogen-bond acceptors (Lipinski definition) is 2. The van der Waals surface area contributed by atoms with Gasteiger partial charge in [-0.25, -0.2) is 9.18 Å². The molecule has 114 valence electrons. The van der Waals surface area contributed by atoms with E-state index >= 15 is 0 Å². The van der Waals surface area contributed by atoms with E-state index in [4.69, 9.17) is 5.11 Å². The third-order valence-corrected chi connectivity index (χ3v) is 4.10. The fourth-order valence-electron chi connectivity index (χ4n) is 2.78. The summed E-state index contributed by atoms with van der Waals surface area (Å²) in [5, 5.41) is 8.76. The van der Waals surface area contributed by atoms with Crippen LogP contribution in [0, 0.1) is 11.2 Å². The van der Waals surface area contributed by atoms with Gasteiger partial charge in [-0.3, -0.25) is 0 Å². The smallest absolute Gasteiger partial charge is 0.328 e. The zero-order valence-electron chi connectivity index (χ0n) is 12.6. The normalized spacial score (nSPS) is 18.7. The molecule has 0 spiro atoms. The molecule has 0 atom stereocenters. The van der Waals surface area contributed by atoms with Crippen molar-refractivity contribution in [3.8, 4) is 0 Å². The monoisotopic (exact) mass is 291 g/mol. The molecule has 1 fully saturated rings. The molecular weight excluding hydrogens is 269 g/mol. The van der Waals surface area contributed by atoms with Crippen molar-refractivity contribution in [2.75, 3.05) is 18.0 Å². The highest BCUT2D eigenvalue weighted by molar-refractivity contribution is 5.87. The highest BCUT2D eigenvalue weighted by atomic mass is 19.1. The predicted octanol–water partition coefficient (Wildman–Crippen LogP) is 3.94. The first-order valence-corrected chi connectivity index (χ1v) is 7.33. The molecule has 0 bridgehead atoms. The molecule has 1 heterocycles. The van der Waals surface area contributed by atoms with Gasteiger partial charge < -0.3 is 10.0 Å². The van der Waals surface area contributed by atoms with Crippen molar-refractivity contribution in [3.05, 3.63) is 35.7 Å². The van der Waals surface area contributed by atoms with Gasteiger partial charge in [0, 0.05) is 30.4 Å². The van der Waals surface area contributed by atoms with Crippen LogP contribution in [-0.4, -0.2) is 24.2 Å². The van der Waals surface area contributed by atoms with Gasteiger partial charge >= 0.3 is 5.97 Å². The van der Waals surface area contributed by atoms with Gasteiger partial charge in [-0.15, -0.1) is 0 Å². The van der Waals surface area contributed by atoms with Crippen molar-refractivity contribution in [3.63, 3.8) is 0 Å². The molecule has 1 aliphatic rings. The third kappa shape index (κ3) is 4.06. The third-order valence-electron chi connectivity index (χ3n) is 4.10. The number of anilines is 1. The van der Waals surface area contributed by atoms with Crippen LogP contribution in [0.2, 0.25) is 0 Å². The van der Waals surface area contributed by atoms with Crippen molar-refractivity contribution in [1.29, 1.82) is 0 Å². The molecule has 0 radical (unpaired) electrons. The fraction of sp³-hybridized carbons (Fsp3) is 0.471. The zero-order valence-corrected chi connectivity index (χ0v) is 12.6. The topological polar surface area (TPSA) is 40.5 Å². The van der Waals surface area contributed by atoms with Gasteiger partial charge in [0.15, 0.2) is 0 Å². The lowest BCUT2D eigenvalue weighted by Crippen LogP contribution is -2.26. The van der Waals surface area contributed by atoms with Gasteiger partial charge in [-0.1, -0.05) is 19.9 Å². The lowest BCUT2D eigenvalue weighted by Gasteiger charge is -2.26. The maximum Gasteiger partial charge on any atom is 0.328 e. The van der Waals surface area contributed by atoms with E-state index < -0.39 is 5.97 Å². The zero-order chi connectivity index (χ0) is 15.5. The van der Waals surface area contributed by atoms with Gasteiger partial charge in [-0.05, 0) is 42.9 Å². The van der Waals surface area contributed by atoms with Crippen molar-refractivity contribution < 1.29 is 14.3 Å². The summed E-state index contributed by atoms with van der Waals surface area (Å²) in [6.07, 6.45) is 5.60. The standard InChI is InChI=1S/C17H22FNO2/c1-17(2)9-4-11-19(12-10-17)15-6-3-5-14(18)13(15)7-8-16(20)21/h3,5-8H,4,9-12H2,1-2H3,(H,20,21)/b8-7+. The average molecular weight is 291 g/mol. The van der Waals surface area contributed by atoms with E-state index in [9.17, 15) is 9.18 Å². The SMILES string of the molecule is CC1(C)CCCN(c2cccc(F)c2/C=C/C(=O)O)CC1. The Hall–Kier alpha value is -1.84. The van der Waals surface area contributed by atoms with Crippen molar-refractivity contribution in [1.82, 2.24) is 0 Å². The summed E-state index contributed by atoms with van der Waals surface area (Å²) < 4.78 is 14.0. The Labute approximate surface area is 125 Å². The number of carbonyl (C=O) groups is 1. The summed E-state index contributed by atoms with van der Waals surface area (Å²) >= 11 is 0. The van der Waals surface area contributed by atoms with Crippen LogP contribution in [-0.2, 0) is 4.79 Å². The molecule has 1 N–H and O–H groups in total. The number of carboxylic acid groups (broad SMARTS) is 1. The largest absolute Gasteiger partial charge is 0.478 e. The Morgan fingerprint density at radius 1 is 1.33 bits per heavy atom. The van der Waals surface area contributed by atoms with E-state index in [1.165, 1.54) is 12.1 Å². The molecule has 1 saturated heterocycles. The van der Waals surface area contributed by atoms with Crippen molar-refractivity contribution >= 4 is 17.7 Å². The van der Waals surface area contributed by atoms with Gasteiger partial charge in [0.2, 0.25) is 0 Å². The number of halogens is 1. The van der Waals surface area contributed by atoms with Crippen LogP contribution in [0.1, 0.15) is 38.7 Å². The second-order valence-electron chi connectivity index (χ2n) is 6.35. The lowest BCUT2D eigenvalue weighted by molar-refractivity contribution is -0.131. The second kappa shape index (κ2) is 6.29. The molecule has 21 heavy (non-hydrogen) atoms. The summed E-state index contributed by atoms with van der Waals surface area (Å²) in [5.41, 5.74) is 1.45. The van der Waals surface area contributed by atoms with Gasteiger partial charge in [0.05, 0.1) is 0 Å². The van der Waals surface area contributed by atoms with Crippen LogP contribution in [0.3, 0.4) is 0 Å². The summed E-state index contributed by atoms with van der Waals surface area (Å²) in [6, 6.07) is 4.91. The van der Waals surface area contributed by atoms with Crippen LogP contribution < -0.4 is 4.90 Å². The maximum atomic E-state index is 14.0. The number of nitrogens with zero attached hydrogens (tertiary/aromatic N) is 1. The predicted molar refractivity (Wildman–Crippen MR) is 82.9 cm³/mol. The van der Waals surface area contributed by atoms with Gasteiger partial charge in [0.1, 0.15) is 5.82 Å². The van der Waals surface area contributed by atoms with Crippen LogP contribution in [0.15, 0.2) is 24.3 Å². The summed E-state index contributed by atoms with van der Waals surface area (Å²) in [6.45, 7) is 6.26. The van der Waals surface area contributed by atoms with Crippen LogP contribution in [0.5, 0.6) is 0 Å². The molecule has 1 aromatic carbocycles. The number of benzene rings is 1. The molecule has 1 aromatic rings. The molecule has 0 saturated carbocycles. The molecule has 0 amide bonds. The van der Waals surface area contributed by atoms with Crippen LogP contribution >= 0.6 is 0 Å². The fourth-order valence-corrected chi connectivity index (χ4v) is 2.78. The highest BCUT2D eigenvalue weighted by Crippen LogP contribution is 2.33. The first kappa shape index (κ1) is 15.5. The Bertz CT molecular complexity index is 552. The molecule has 0 aliphatic carbocycles. The van der Waals surface area contributed by atoms with Crippen LogP contribution in [0.4, 0.5) is 10.1 Å². The molecule has 3 nitrogen and oxygen atoms in total. The summed E-state index contributed by atoms with van der Waals surface area (Å²) in [4.78, 5) is 12.9. The van der Waals surface area contributed by atoms with E-state index in [1.807, 2.05) is 6.07 Å². The first-order valence-electron chi connectivity index (χ1n) is 7.33. The molecular formula is C17H22FNO2. The lowest BCUT2D eigenvalue weighted by atomic mass is 9.85. The Morgan fingerprint density at radius 2 is 2.10 bits per heavy atom. The summed E-state index contributed by atoms with van der Waals surface area (Å²) in [5.74, 6) is -1.45. The Balaban J connectivity index is 2.30. The van der Waals surface area contributed by atoms with E-state index in [0.29, 0.717) is 11.0 Å². The Morgan fingerprint density at radius 3 is 2.81 bits per heavy atom. The second-order valence-corrected chi connectivity index (χ2v) is 6.35. The van der Waals surface area contributed by atoms with E-state index in [2.05, 4.69) is 18.7 Å². The molecule has 0 aromatic heterocycles. The highest BCUT2D eigenvalue weighted by Gasteiger charge is 2.24. The van der Waals surface area contributed by atoms with Crippen molar-refractivity contribution in [2.24, 2.45) is 5.41 Å². The van der Waals surface area contributed by atoms with E-state index in [-0.39, 0.29) is 5.82 Å². The van der Waals surface area contributed by atoms with E-state index in [0.717, 1.165) is 44.1 Å². The number of rotatable bonds is 3. The number of hydrogen-bond donors (Lipinski definition) is 1. The van der Waals surface area contributed by atoms with Crippen molar-refractivity contribution in [2.45, 2.75) is 33.1 Å². The minimum atomic E-state index is -1.07. The number of aliphatic carboxylic acids is 1. The Kier molecular flexibility index (Phi) is 4.66. The first-order chi connectivity index (χ1) is 9.89. The van der Waals surface area contributed by atoms with Gasteiger partial charge in [0.25, 0.3) is 0 Å². The molecule has 2 rings (SSSR count). The summed E-state index contributed by atoms with van der Waals surface area (Å²) in [7, 11) is 0. The number of carboxylic acids is 1.